The smallest absolute Gasteiger partial charge is 0.254 e. The van der Waals surface area contributed by atoms with Gasteiger partial charge in [0.2, 0.25) is 0 Å². The van der Waals surface area contributed by atoms with Crippen LogP contribution in [0.2, 0.25) is 0 Å². The van der Waals surface area contributed by atoms with Crippen LogP contribution in [0.25, 0.3) is 0 Å². The monoisotopic (exact) mass is 295 g/mol. The van der Waals surface area contributed by atoms with Gasteiger partial charge in [0.05, 0.1) is 0 Å². The summed E-state index contributed by atoms with van der Waals surface area (Å²) in [6.45, 7) is 5.08. The van der Waals surface area contributed by atoms with Gasteiger partial charge >= 0.3 is 0 Å². The lowest BCUT2D eigenvalue weighted by molar-refractivity contribution is 0.0743. The van der Waals surface area contributed by atoms with Gasteiger partial charge in [-0.25, -0.2) is 4.98 Å². The minimum absolute atomic E-state index is 0.0628. The average molecular weight is 295 g/mol. The number of hydrogen-bond donors (Lipinski definition) is 1. The molecule has 1 atom stereocenters. The molecular formula is C15H25N3OS. The zero-order valence-corrected chi connectivity index (χ0v) is 13.7. The summed E-state index contributed by atoms with van der Waals surface area (Å²) >= 11 is 1.77. The van der Waals surface area contributed by atoms with Gasteiger partial charge in [0, 0.05) is 37.1 Å². The van der Waals surface area contributed by atoms with Gasteiger partial charge in [-0.1, -0.05) is 13.8 Å². The molecule has 112 valence electrons. The molecule has 1 aromatic heterocycles. The van der Waals surface area contributed by atoms with E-state index in [9.17, 15) is 4.79 Å². The molecule has 1 unspecified atom stereocenters. The second kappa shape index (κ2) is 8.84. The summed E-state index contributed by atoms with van der Waals surface area (Å²) in [6.07, 6.45) is 5.76. The lowest BCUT2D eigenvalue weighted by Crippen LogP contribution is -2.38. The normalized spacial score (nSPS) is 12.0. The van der Waals surface area contributed by atoms with E-state index in [0.29, 0.717) is 5.56 Å². The number of anilines is 1. The number of carbonyl (C=O) groups excluding carboxylic acids is 1. The van der Waals surface area contributed by atoms with Crippen molar-refractivity contribution in [1.29, 1.82) is 0 Å². The van der Waals surface area contributed by atoms with Crippen LogP contribution in [0.1, 0.15) is 37.0 Å². The van der Waals surface area contributed by atoms with Gasteiger partial charge in [0.15, 0.2) is 0 Å². The van der Waals surface area contributed by atoms with E-state index in [1.165, 1.54) is 0 Å². The Kier molecular flexibility index (Phi) is 7.44. The molecule has 1 rings (SSSR count). The molecule has 1 heterocycles. The largest absolute Gasteiger partial charge is 0.370 e. The fourth-order valence-electron chi connectivity index (χ4n) is 1.98. The SMILES string of the molecule is CCCNc1cc(C(=O)N(C)C(CC)CSC)ccn1. The first-order valence-corrected chi connectivity index (χ1v) is 8.49. The highest BCUT2D eigenvalue weighted by atomic mass is 32.2. The Morgan fingerprint density at radius 1 is 1.50 bits per heavy atom. The van der Waals surface area contributed by atoms with E-state index < -0.39 is 0 Å². The van der Waals surface area contributed by atoms with E-state index in [0.717, 1.165) is 31.0 Å². The van der Waals surface area contributed by atoms with E-state index >= 15 is 0 Å². The second-order valence-corrected chi connectivity index (χ2v) is 5.70. The van der Waals surface area contributed by atoms with E-state index in [-0.39, 0.29) is 11.9 Å². The molecule has 0 aliphatic rings. The van der Waals surface area contributed by atoms with Crippen molar-refractivity contribution in [1.82, 2.24) is 9.88 Å². The number of pyridine rings is 1. The maximum atomic E-state index is 12.5. The molecule has 5 heteroatoms. The number of amides is 1. The van der Waals surface area contributed by atoms with Crippen molar-refractivity contribution < 1.29 is 4.79 Å². The van der Waals surface area contributed by atoms with Gasteiger partial charge in [0.25, 0.3) is 5.91 Å². The van der Waals surface area contributed by atoms with E-state index in [2.05, 4.69) is 30.4 Å². The minimum Gasteiger partial charge on any atom is -0.370 e. The molecular weight excluding hydrogens is 270 g/mol. The molecule has 0 spiro atoms. The first-order chi connectivity index (χ1) is 9.63. The third-order valence-corrected chi connectivity index (χ3v) is 3.98. The molecule has 0 aliphatic carbocycles. The Hall–Kier alpha value is -1.23. The molecule has 1 N–H and O–H groups in total. The third-order valence-electron chi connectivity index (χ3n) is 3.26. The summed E-state index contributed by atoms with van der Waals surface area (Å²) in [4.78, 5) is 18.6. The third kappa shape index (κ3) is 4.71. The van der Waals surface area contributed by atoms with Gasteiger partial charge in [-0.3, -0.25) is 4.79 Å². The summed E-state index contributed by atoms with van der Waals surface area (Å²) < 4.78 is 0. The highest BCUT2D eigenvalue weighted by Crippen LogP contribution is 2.14. The van der Waals surface area contributed by atoms with E-state index in [4.69, 9.17) is 0 Å². The van der Waals surface area contributed by atoms with Crippen molar-refractivity contribution in [2.45, 2.75) is 32.7 Å². The predicted molar refractivity (Wildman–Crippen MR) is 87.6 cm³/mol. The number of nitrogens with zero attached hydrogens (tertiary/aromatic N) is 2. The van der Waals surface area contributed by atoms with Gasteiger partial charge < -0.3 is 10.2 Å². The fraction of sp³-hybridized carbons (Fsp3) is 0.600. The fourth-order valence-corrected chi connectivity index (χ4v) is 2.82. The summed E-state index contributed by atoms with van der Waals surface area (Å²) in [5, 5.41) is 3.21. The van der Waals surface area contributed by atoms with Gasteiger partial charge in [-0.2, -0.15) is 11.8 Å². The van der Waals surface area contributed by atoms with Crippen molar-refractivity contribution in [3.63, 3.8) is 0 Å². The number of carbonyl (C=O) groups is 1. The summed E-state index contributed by atoms with van der Waals surface area (Å²) in [5.74, 6) is 1.79. The first-order valence-electron chi connectivity index (χ1n) is 7.10. The van der Waals surface area contributed by atoms with Crippen LogP contribution >= 0.6 is 11.8 Å². The number of nitrogens with one attached hydrogen (secondary N) is 1. The van der Waals surface area contributed by atoms with Crippen LogP contribution in [0, 0.1) is 0 Å². The summed E-state index contributed by atoms with van der Waals surface area (Å²) in [6, 6.07) is 3.89. The van der Waals surface area contributed by atoms with Crippen LogP contribution in [0.4, 0.5) is 5.82 Å². The second-order valence-electron chi connectivity index (χ2n) is 4.79. The molecule has 0 saturated heterocycles. The lowest BCUT2D eigenvalue weighted by Gasteiger charge is -2.27. The molecule has 4 nitrogen and oxygen atoms in total. The van der Waals surface area contributed by atoms with Crippen LogP contribution < -0.4 is 5.32 Å². The van der Waals surface area contributed by atoms with Crippen molar-refractivity contribution in [3.05, 3.63) is 23.9 Å². The Morgan fingerprint density at radius 3 is 2.85 bits per heavy atom. The van der Waals surface area contributed by atoms with Crippen LogP contribution in [0.5, 0.6) is 0 Å². The highest BCUT2D eigenvalue weighted by molar-refractivity contribution is 7.98. The molecule has 0 saturated carbocycles. The number of thioether (sulfide) groups is 1. The van der Waals surface area contributed by atoms with Crippen LogP contribution in [-0.4, -0.2) is 47.4 Å². The van der Waals surface area contributed by atoms with Gasteiger partial charge in [-0.15, -0.1) is 0 Å². The van der Waals surface area contributed by atoms with Crippen LogP contribution in [0.15, 0.2) is 18.3 Å². The Bertz CT molecular complexity index is 425. The van der Waals surface area contributed by atoms with Crippen molar-refractivity contribution >= 4 is 23.5 Å². The highest BCUT2D eigenvalue weighted by Gasteiger charge is 2.19. The molecule has 0 bridgehead atoms. The van der Waals surface area contributed by atoms with Crippen molar-refractivity contribution in [2.75, 3.05) is 30.9 Å². The summed E-state index contributed by atoms with van der Waals surface area (Å²) in [7, 11) is 1.88. The van der Waals surface area contributed by atoms with E-state index in [1.54, 1.807) is 24.0 Å². The Labute approximate surface area is 126 Å². The van der Waals surface area contributed by atoms with Gasteiger partial charge in [0.1, 0.15) is 5.82 Å². The topological polar surface area (TPSA) is 45.2 Å². The van der Waals surface area contributed by atoms with Crippen molar-refractivity contribution in [2.24, 2.45) is 0 Å². The quantitative estimate of drug-likeness (QED) is 0.800. The zero-order chi connectivity index (χ0) is 15.0. The van der Waals surface area contributed by atoms with Crippen LogP contribution in [0.3, 0.4) is 0 Å². The summed E-state index contributed by atoms with van der Waals surface area (Å²) in [5.41, 5.74) is 0.695. The maximum absolute atomic E-state index is 12.5. The predicted octanol–water partition coefficient (Wildman–Crippen LogP) is 3.12. The molecule has 1 amide bonds. The van der Waals surface area contributed by atoms with Crippen molar-refractivity contribution in [3.8, 4) is 0 Å². The number of aromatic nitrogens is 1. The van der Waals surface area contributed by atoms with E-state index in [1.807, 2.05) is 18.0 Å². The number of hydrogen-bond acceptors (Lipinski definition) is 4. The molecule has 1 aromatic rings. The average Bonchev–Trinajstić information content (AvgIpc) is 2.49. The standard InChI is InChI=1S/C15H25N3OS/c1-5-8-16-14-10-12(7-9-17-14)15(19)18(3)13(6-2)11-20-4/h7,9-10,13H,5-6,8,11H2,1-4H3,(H,16,17). The molecule has 0 aromatic carbocycles. The lowest BCUT2D eigenvalue weighted by atomic mass is 10.1. The molecule has 0 aliphatic heterocycles. The Balaban J connectivity index is 2.79. The first kappa shape index (κ1) is 16.8. The van der Waals surface area contributed by atoms with Gasteiger partial charge in [-0.05, 0) is 31.2 Å². The molecule has 0 radical (unpaired) electrons. The van der Waals surface area contributed by atoms with Crippen LogP contribution in [-0.2, 0) is 0 Å². The molecule has 20 heavy (non-hydrogen) atoms. The maximum Gasteiger partial charge on any atom is 0.254 e. The number of rotatable bonds is 8. The zero-order valence-electron chi connectivity index (χ0n) is 12.8. The molecule has 0 fully saturated rings. The Morgan fingerprint density at radius 2 is 2.25 bits per heavy atom. The minimum atomic E-state index is 0.0628.